The summed E-state index contributed by atoms with van der Waals surface area (Å²) in [5.74, 6) is 1.73. The highest BCUT2D eigenvalue weighted by molar-refractivity contribution is 6.05. The van der Waals surface area contributed by atoms with Crippen LogP contribution >= 0.6 is 0 Å². The predicted molar refractivity (Wildman–Crippen MR) is 131 cm³/mol. The number of phenols is 1. The van der Waals surface area contributed by atoms with E-state index in [4.69, 9.17) is 4.74 Å². The molecule has 0 unspecified atom stereocenters. The highest BCUT2D eigenvalue weighted by Crippen LogP contribution is 2.35. The molecule has 0 aliphatic heterocycles. The van der Waals surface area contributed by atoms with Gasteiger partial charge in [0.1, 0.15) is 17.4 Å². The van der Waals surface area contributed by atoms with E-state index in [9.17, 15) is 9.90 Å². The van der Waals surface area contributed by atoms with Gasteiger partial charge in [-0.15, -0.1) is 5.10 Å². The molecule has 0 fully saturated rings. The lowest BCUT2D eigenvalue weighted by atomic mass is 10.0. The quantitative estimate of drug-likeness (QED) is 0.343. The predicted octanol–water partition coefficient (Wildman–Crippen LogP) is 3.95. The molecule has 10 nitrogen and oxygen atoms in total. The normalized spacial score (nSPS) is 11.1. The average Bonchev–Trinajstić information content (AvgIpc) is 3.46. The molecule has 0 aliphatic rings. The summed E-state index contributed by atoms with van der Waals surface area (Å²) in [7, 11) is 3.35. The van der Waals surface area contributed by atoms with Crippen LogP contribution in [0, 0.1) is 0 Å². The van der Waals surface area contributed by atoms with Crippen molar-refractivity contribution in [1.29, 1.82) is 0 Å². The van der Waals surface area contributed by atoms with E-state index in [2.05, 4.69) is 30.4 Å². The number of fused-ring (bicyclic) bond motifs is 1. The number of anilines is 1. The van der Waals surface area contributed by atoms with Crippen LogP contribution in [0.3, 0.4) is 0 Å². The lowest BCUT2D eigenvalue weighted by molar-refractivity contribution is 0.102. The van der Waals surface area contributed by atoms with Crippen molar-refractivity contribution >= 4 is 22.9 Å². The summed E-state index contributed by atoms with van der Waals surface area (Å²) in [6, 6.07) is 14.1. The second-order valence-electron chi connectivity index (χ2n) is 7.89. The summed E-state index contributed by atoms with van der Waals surface area (Å²) in [5, 5.41) is 17.5. The number of hydrogen-bond donors (Lipinski definition) is 3. The van der Waals surface area contributed by atoms with Gasteiger partial charge in [-0.1, -0.05) is 13.0 Å². The zero-order chi connectivity index (χ0) is 24.5. The number of H-pyrrole nitrogens is 1. The Morgan fingerprint density at radius 3 is 2.77 bits per heavy atom. The van der Waals surface area contributed by atoms with Gasteiger partial charge >= 0.3 is 0 Å². The first-order valence-electron chi connectivity index (χ1n) is 11.0. The fourth-order valence-corrected chi connectivity index (χ4v) is 3.90. The molecule has 10 heteroatoms. The zero-order valence-corrected chi connectivity index (χ0v) is 19.4. The number of carbonyl (C=O) groups excluding carboxylic acids is 1. The third-order valence-electron chi connectivity index (χ3n) is 5.67. The number of aryl methyl sites for hydroxylation is 2. The minimum atomic E-state index is -0.329. The van der Waals surface area contributed by atoms with Gasteiger partial charge in [0.05, 0.1) is 23.7 Å². The number of nitrogens with one attached hydrogen (secondary N) is 2. The molecule has 0 saturated carbocycles. The van der Waals surface area contributed by atoms with Gasteiger partial charge in [-0.25, -0.2) is 9.97 Å². The van der Waals surface area contributed by atoms with Crippen molar-refractivity contribution in [2.75, 3.05) is 12.4 Å². The molecule has 1 amide bonds. The number of pyridine rings is 1. The lowest BCUT2D eigenvalue weighted by Gasteiger charge is -2.09. The minimum absolute atomic E-state index is 0.0709. The molecule has 5 rings (SSSR count). The molecule has 0 aliphatic carbocycles. The third-order valence-corrected chi connectivity index (χ3v) is 5.67. The fraction of sp³-hybridized carbons (Fsp3) is 0.160. The number of aromatic amines is 1. The Morgan fingerprint density at radius 2 is 2.00 bits per heavy atom. The largest absolute Gasteiger partial charge is 0.507 e. The molecule has 0 atom stereocenters. The maximum Gasteiger partial charge on any atom is 0.258 e. The number of methoxy groups -OCH3 is 1. The molecule has 0 radical (unpaired) electrons. The van der Waals surface area contributed by atoms with E-state index in [1.807, 2.05) is 25.1 Å². The Balaban J connectivity index is 1.47. The molecule has 2 aromatic carbocycles. The van der Waals surface area contributed by atoms with Crippen molar-refractivity contribution in [3.63, 3.8) is 0 Å². The Kier molecular flexibility index (Phi) is 5.61. The number of rotatable bonds is 6. The van der Waals surface area contributed by atoms with Crippen LogP contribution in [0.2, 0.25) is 0 Å². The Labute approximate surface area is 200 Å². The van der Waals surface area contributed by atoms with Crippen molar-refractivity contribution in [2.24, 2.45) is 7.05 Å². The summed E-state index contributed by atoms with van der Waals surface area (Å²) < 4.78 is 7.01. The van der Waals surface area contributed by atoms with Crippen LogP contribution in [0.25, 0.3) is 33.5 Å². The molecular formula is C25H23N7O3. The van der Waals surface area contributed by atoms with Crippen LogP contribution in [0.1, 0.15) is 23.1 Å². The van der Waals surface area contributed by atoms with Gasteiger partial charge in [0.2, 0.25) is 11.8 Å². The maximum atomic E-state index is 12.8. The number of phenolic OH excluding ortho intramolecular Hbond substituents is 1. The van der Waals surface area contributed by atoms with Gasteiger partial charge in [-0.2, -0.15) is 4.98 Å². The maximum absolute atomic E-state index is 12.8. The number of benzene rings is 2. The van der Waals surface area contributed by atoms with E-state index in [-0.39, 0.29) is 17.6 Å². The van der Waals surface area contributed by atoms with Gasteiger partial charge in [-0.3, -0.25) is 14.8 Å². The lowest BCUT2D eigenvalue weighted by Crippen LogP contribution is -2.13. The number of nitrogens with zero attached hydrogens (tertiary/aromatic N) is 5. The van der Waals surface area contributed by atoms with Crippen LogP contribution in [-0.2, 0) is 13.5 Å². The molecule has 35 heavy (non-hydrogen) atoms. The van der Waals surface area contributed by atoms with Gasteiger partial charge in [-0.05, 0) is 48.0 Å². The Hall–Kier alpha value is -4.73. The summed E-state index contributed by atoms with van der Waals surface area (Å²) in [6.07, 6.45) is 2.37. The summed E-state index contributed by atoms with van der Waals surface area (Å²) in [4.78, 5) is 29.1. The fourth-order valence-electron chi connectivity index (χ4n) is 3.90. The summed E-state index contributed by atoms with van der Waals surface area (Å²) in [5.41, 5.74) is 3.86. The van der Waals surface area contributed by atoms with Gasteiger partial charge < -0.3 is 14.8 Å². The van der Waals surface area contributed by atoms with Gasteiger partial charge in [0.25, 0.3) is 5.91 Å². The Bertz CT molecular complexity index is 1550. The molecular weight excluding hydrogens is 446 g/mol. The minimum Gasteiger partial charge on any atom is -0.507 e. The number of ether oxygens (including phenoxy) is 1. The zero-order valence-electron chi connectivity index (χ0n) is 19.4. The van der Waals surface area contributed by atoms with E-state index in [1.54, 1.807) is 55.4 Å². The highest BCUT2D eigenvalue weighted by Gasteiger charge is 2.16. The van der Waals surface area contributed by atoms with Gasteiger partial charge in [0.15, 0.2) is 0 Å². The number of aromatic nitrogens is 6. The molecule has 0 spiro atoms. The molecule has 3 N–H and O–H groups in total. The van der Waals surface area contributed by atoms with Gasteiger partial charge in [0, 0.05) is 30.8 Å². The first kappa shape index (κ1) is 22.1. The van der Waals surface area contributed by atoms with Crippen molar-refractivity contribution in [2.45, 2.75) is 13.3 Å². The molecule has 0 saturated heterocycles. The second kappa shape index (κ2) is 8.90. The van der Waals surface area contributed by atoms with Crippen molar-refractivity contribution in [3.05, 3.63) is 66.1 Å². The third kappa shape index (κ3) is 4.17. The number of hydrogen-bond acceptors (Lipinski definition) is 7. The number of imidazole rings is 1. The van der Waals surface area contributed by atoms with E-state index in [0.717, 1.165) is 17.0 Å². The SMILES string of the molecule is CCc1nc(NC(=O)c2ccc3nc(-c4cc(-c5cccnc5OC)ccc4O)[nH]c3c2)nn1C. The van der Waals surface area contributed by atoms with Crippen molar-refractivity contribution < 1.29 is 14.6 Å². The van der Waals surface area contributed by atoms with E-state index < -0.39 is 0 Å². The van der Waals surface area contributed by atoms with E-state index >= 15 is 0 Å². The number of carbonyl (C=O) groups is 1. The molecule has 3 aromatic heterocycles. The monoisotopic (exact) mass is 469 g/mol. The first-order chi connectivity index (χ1) is 17.0. The number of aromatic hydroxyl groups is 1. The van der Waals surface area contributed by atoms with Crippen LogP contribution in [0.5, 0.6) is 11.6 Å². The average molecular weight is 470 g/mol. The molecule has 0 bridgehead atoms. The van der Waals surface area contributed by atoms with Crippen LogP contribution in [0.15, 0.2) is 54.7 Å². The number of amides is 1. The van der Waals surface area contributed by atoms with Crippen LogP contribution < -0.4 is 10.1 Å². The topological polar surface area (TPSA) is 131 Å². The van der Waals surface area contributed by atoms with E-state index in [1.165, 1.54) is 0 Å². The second-order valence-corrected chi connectivity index (χ2v) is 7.89. The molecule has 176 valence electrons. The summed E-state index contributed by atoms with van der Waals surface area (Å²) >= 11 is 0. The van der Waals surface area contributed by atoms with Crippen LogP contribution in [0.4, 0.5) is 5.95 Å². The Morgan fingerprint density at radius 1 is 1.14 bits per heavy atom. The first-order valence-corrected chi connectivity index (χ1v) is 11.0. The van der Waals surface area contributed by atoms with Crippen LogP contribution in [-0.4, -0.2) is 47.8 Å². The molecule has 3 heterocycles. The highest BCUT2D eigenvalue weighted by atomic mass is 16.5. The van der Waals surface area contributed by atoms with Crippen molar-refractivity contribution in [1.82, 2.24) is 29.7 Å². The summed E-state index contributed by atoms with van der Waals surface area (Å²) in [6.45, 7) is 1.97. The van der Waals surface area contributed by atoms with Crippen molar-refractivity contribution in [3.8, 4) is 34.1 Å². The standard InChI is InChI=1S/C25H23N7O3/c1-4-21-29-25(31-32(21)2)30-23(34)15-7-9-18-19(13-15)28-22(27-18)17-12-14(8-10-20(17)33)16-6-5-11-26-24(16)35-3/h5-13,33H,4H2,1-3H3,(H,27,28)(H,30,31,34). The smallest absolute Gasteiger partial charge is 0.258 e. The molecule has 5 aromatic rings. The van der Waals surface area contributed by atoms with E-state index in [0.29, 0.717) is 40.3 Å².